The van der Waals surface area contributed by atoms with Crippen molar-refractivity contribution in [2.45, 2.75) is 0 Å². The van der Waals surface area contributed by atoms with E-state index in [1.165, 1.54) is 48.8 Å². The van der Waals surface area contributed by atoms with E-state index in [-0.39, 0.29) is 0 Å². The average molecular weight is 625 g/mol. The molecule has 0 atom stereocenters. The van der Waals surface area contributed by atoms with Crippen molar-refractivity contribution in [2.24, 2.45) is 0 Å². The van der Waals surface area contributed by atoms with Crippen LogP contribution in [0.5, 0.6) is 0 Å². The highest BCUT2D eigenvalue weighted by Crippen LogP contribution is 2.39. The second-order valence-corrected chi connectivity index (χ2v) is 12.5. The third-order valence-corrected chi connectivity index (χ3v) is 9.62. The summed E-state index contributed by atoms with van der Waals surface area (Å²) in [6.45, 7) is 0. The first-order valence-corrected chi connectivity index (χ1v) is 16.5. The summed E-state index contributed by atoms with van der Waals surface area (Å²) in [5.41, 5.74) is 6.38. The summed E-state index contributed by atoms with van der Waals surface area (Å²) in [5, 5.41) is 9.79. The third-order valence-electron chi connectivity index (χ3n) is 9.62. The maximum atomic E-state index is 5.11. The SMILES string of the molecule is c1ccc(-c2nc(-c3ccccc3)nc(-n3c4ccccc4c4c5cc(-c6ccc7c(ccc8ccccc87)c6)ccc5ccc43)n2)cc1. The summed E-state index contributed by atoms with van der Waals surface area (Å²) in [7, 11) is 0. The number of fused-ring (bicyclic) bond motifs is 8. The van der Waals surface area contributed by atoms with Crippen LogP contribution in [0.25, 0.3) is 94.0 Å². The van der Waals surface area contributed by atoms with Crippen LogP contribution in [-0.4, -0.2) is 19.5 Å². The first-order valence-electron chi connectivity index (χ1n) is 16.5. The van der Waals surface area contributed by atoms with Crippen molar-refractivity contribution in [1.82, 2.24) is 19.5 Å². The van der Waals surface area contributed by atoms with Gasteiger partial charge in [0.2, 0.25) is 5.95 Å². The van der Waals surface area contributed by atoms with E-state index in [2.05, 4.69) is 114 Å². The highest BCUT2D eigenvalue weighted by atomic mass is 15.2. The van der Waals surface area contributed by atoms with E-state index in [0.717, 1.165) is 27.5 Å². The highest BCUT2D eigenvalue weighted by molar-refractivity contribution is 6.21. The molecule has 4 nitrogen and oxygen atoms in total. The van der Waals surface area contributed by atoms with Crippen LogP contribution in [0, 0.1) is 0 Å². The molecule has 0 bridgehead atoms. The monoisotopic (exact) mass is 624 g/mol. The van der Waals surface area contributed by atoms with Gasteiger partial charge in [-0.3, -0.25) is 4.57 Å². The van der Waals surface area contributed by atoms with Gasteiger partial charge in [0.15, 0.2) is 11.6 Å². The second-order valence-electron chi connectivity index (χ2n) is 12.5. The Labute approximate surface area is 282 Å². The van der Waals surface area contributed by atoms with Gasteiger partial charge in [0.25, 0.3) is 0 Å². The summed E-state index contributed by atoms with van der Waals surface area (Å²) < 4.78 is 2.19. The molecule has 0 aliphatic rings. The van der Waals surface area contributed by atoms with Gasteiger partial charge >= 0.3 is 0 Å². The quantitative estimate of drug-likeness (QED) is 0.183. The fraction of sp³-hybridized carbons (Fsp3) is 0. The Hall–Kier alpha value is -6.65. The van der Waals surface area contributed by atoms with Crippen molar-refractivity contribution >= 4 is 54.1 Å². The fourth-order valence-corrected chi connectivity index (χ4v) is 7.27. The van der Waals surface area contributed by atoms with Crippen LogP contribution in [0.15, 0.2) is 170 Å². The Balaban J connectivity index is 1.21. The van der Waals surface area contributed by atoms with E-state index in [1.54, 1.807) is 0 Å². The molecule has 0 saturated carbocycles. The minimum absolute atomic E-state index is 0.594. The van der Waals surface area contributed by atoms with Crippen LogP contribution in [0.1, 0.15) is 0 Å². The van der Waals surface area contributed by atoms with E-state index in [1.807, 2.05) is 60.7 Å². The van der Waals surface area contributed by atoms with Crippen LogP contribution in [-0.2, 0) is 0 Å². The van der Waals surface area contributed by atoms with Crippen LogP contribution >= 0.6 is 0 Å². The van der Waals surface area contributed by atoms with Crippen molar-refractivity contribution in [3.05, 3.63) is 170 Å². The van der Waals surface area contributed by atoms with Crippen molar-refractivity contribution in [1.29, 1.82) is 0 Å². The molecule has 2 aromatic heterocycles. The van der Waals surface area contributed by atoms with E-state index in [9.17, 15) is 0 Å². The van der Waals surface area contributed by atoms with Crippen LogP contribution in [0.3, 0.4) is 0 Å². The van der Waals surface area contributed by atoms with Crippen molar-refractivity contribution < 1.29 is 0 Å². The molecular weight excluding hydrogens is 597 g/mol. The van der Waals surface area contributed by atoms with Crippen LogP contribution in [0.4, 0.5) is 0 Å². The molecule has 49 heavy (non-hydrogen) atoms. The zero-order valence-corrected chi connectivity index (χ0v) is 26.5. The Morgan fingerprint density at radius 1 is 0.327 bits per heavy atom. The molecule has 4 heteroatoms. The van der Waals surface area contributed by atoms with Gasteiger partial charge in [0.05, 0.1) is 11.0 Å². The molecule has 0 saturated heterocycles. The standard InChI is InChI=1S/C45H28N4/c1-3-12-31(13-4-1)43-46-44(32-14-5-2-6-15-32)48-45(47-43)49-40-18-10-9-17-38(40)42-39-28-34(21-19-30(39)24-26-41(42)49)33-23-25-37-35(27-33)22-20-29-11-7-8-16-36(29)37/h1-28H. The number of hydrogen-bond donors (Lipinski definition) is 0. The maximum Gasteiger partial charge on any atom is 0.238 e. The van der Waals surface area contributed by atoms with Gasteiger partial charge in [0.1, 0.15) is 0 Å². The molecule has 0 unspecified atom stereocenters. The molecular formula is C45H28N4. The largest absolute Gasteiger partial charge is 0.278 e. The molecule has 0 radical (unpaired) electrons. The molecule has 0 spiro atoms. The van der Waals surface area contributed by atoms with E-state index in [4.69, 9.17) is 15.0 Å². The zero-order chi connectivity index (χ0) is 32.3. The molecule has 228 valence electrons. The summed E-state index contributed by atoms with van der Waals surface area (Å²) >= 11 is 0. The predicted octanol–water partition coefficient (Wildman–Crippen LogP) is 11.4. The predicted molar refractivity (Wildman–Crippen MR) is 203 cm³/mol. The lowest BCUT2D eigenvalue weighted by molar-refractivity contribution is 0.953. The zero-order valence-electron chi connectivity index (χ0n) is 26.5. The molecule has 10 rings (SSSR count). The summed E-state index contributed by atoms with van der Waals surface area (Å²) in [6.07, 6.45) is 0. The first kappa shape index (κ1) is 27.5. The van der Waals surface area contributed by atoms with Gasteiger partial charge in [0, 0.05) is 21.9 Å². The lowest BCUT2D eigenvalue weighted by Gasteiger charge is -2.11. The second kappa shape index (κ2) is 11.0. The maximum absolute atomic E-state index is 5.11. The lowest BCUT2D eigenvalue weighted by Crippen LogP contribution is -2.06. The fourth-order valence-electron chi connectivity index (χ4n) is 7.27. The smallest absolute Gasteiger partial charge is 0.238 e. The highest BCUT2D eigenvalue weighted by Gasteiger charge is 2.19. The summed E-state index contributed by atoms with van der Waals surface area (Å²) in [6, 6.07) is 59.9. The average Bonchev–Trinajstić information content (AvgIpc) is 3.53. The summed E-state index contributed by atoms with van der Waals surface area (Å²) in [5.74, 6) is 1.88. The number of aromatic nitrogens is 4. The van der Waals surface area contributed by atoms with Crippen molar-refractivity contribution in [3.8, 4) is 39.9 Å². The third kappa shape index (κ3) is 4.49. The number of nitrogens with zero attached hydrogens (tertiary/aromatic N) is 4. The molecule has 0 aliphatic carbocycles. The Morgan fingerprint density at radius 3 is 1.65 bits per heavy atom. The van der Waals surface area contributed by atoms with Gasteiger partial charge in [-0.05, 0) is 67.7 Å². The normalized spacial score (nSPS) is 11.7. The number of benzene rings is 8. The van der Waals surface area contributed by atoms with Gasteiger partial charge in [-0.25, -0.2) is 4.98 Å². The Bertz CT molecular complexity index is 2820. The summed E-state index contributed by atoms with van der Waals surface area (Å²) in [4.78, 5) is 15.2. The van der Waals surface area contributed by atoms with Crippen molar-refractivity contribution in [2.75, 3.05) is 0 Å². The Kier molecular flexibility index (Phi) is 6.15. The van der Waals surface area contributed by atoms with E-state index in [0.29, 0.717) is 17.6 Å². The molecule has 8 aromatic carbocycles. The topological polar surface area (TPSA) is 43.6 Å². The lowest BCUT2D eigenvalue weighted by atomic mass is 9.95. The number of hydrogen-bond acceptors (Lipinski definition) is 3. The van der Waals surface area contributed by atoms with E-state index < -0.39 is 0 Å². The molecule has 0 aliphatic heterocycles. The van der Waals surface area contributed by atoms with Gasteiger partial charge < -0.3 is 0 Å². The van der Waals surface area contributed by atoms with Crippen molar-refractivity contribution in [3.63, 3.8) is 0 Å². The van der Waals surface area contributed by atoms with E-state index >= 15 is 0 Å². The Morgan fingerprint density at radius 2 is 0.878 bits per heavy atom. The molecule has 2 heterocycles. The van der Waals surface area contributed by atoms with Crippen LogP contribution in [0.2, 0.25) is 0 Å². The van der Waals surface area contributed by atoms with Gasteiger partial charge in [-0.2, -0.15) is 9.97 Å². The molecule has 0 fully saturated rings. The number of para-hydroxylation sites is 1. The minimum Gasteiger partial charge on any atom is -0.278 e. The van der Waals surface area contributed by atoms with Crippen LogP contribution < -0.4 is 0 Å². The molecule has 0 amide bonds. The minimum atomic E-state index is 0.594. The molecule has 10 aromatic rings. The molecule has 0 N–H and O–H groups in total. The first-order chi connectivity index (χ1) is 24.3. The number of rotatable bonds is 4. The van der Waals surface area contributed by atoms with Gasteiger partial charge in [-0.1, -0.05) is 146 Å². The van der Waals surface area contributed by atoms with Gasteiger partial charge in [-0.15, -0.1) is 0 Å².